The van der Waals surface area contributed by atoms with Crippen LogP contribution in [0.3, 0.4) is 0 Å². The van der Waals surface area contributed by atoms with Gasteiger partial charge in [0, 0.05) is 24.1 Å². The van der Waals surface area contributed by atoms with Crippen molar-refractivity contribution in [2.24, 2.45) is 0 Å². The minimum atomic E-state index is 0.760. The van der Waals surface area contributed by atoms with Crippen LogP contribution < -0.4 is 10.2 Å². The minimum Gasteiger partial charge on any atom is -0.371 e. The first-order valence-electron chi connectivity index (χ1n) is 5.94. The first-order valence-corrected chi connectivity index (χ1v) is 6.73. The van der Waals surface area contributed by atoms with Crippen molar-refractivity contribution < 1.29 is 0 Å². The molecule has 0 saturated heterocycles. The van der Waals surface area contributed by atoms with E-state index in [4.69, 9.17) is 0 Å². The molecule has 0 heterocycles. The second kappa shape index (κ2) is 5.19. The fraction of sp³-hybridized carbons (Fsp3) is 0.538. The van der Waals surface area contributed by atoms with Gasteiger partial charge in [-0.15, -0.1) is 0 Å². The zero-order valence-electron chi connectivity index (χ0n) is 9.96. The van der Waals surface area contributed by atoms with Crippen LogP contribution in [0.4, 0.5) is 5.69 Å². The highest BCUT2D eigenvalue weighted by atomic mass is 79.9. The number of nitrogens with zero attached hydrogens (tertiary/aromatic N) is 1. The first-order chi connectivity index (χ1) is 7.72. The third-order valence-electron chi connectivity index (χ3n) is 3.07. The fourth-order valence-corrected chi connectivity index (χ4v) is 2.58. The summed E-state index contributed by atoms with van der Waals surface area (Å²) in [6, 6.07) is 7.41. The SMILES string of the molecule is CCNCc1ccc(N(C)C2CC2)c(Br)c1. The topological polar surface area (TPSA) is 15.3 Å². The summed E-state index contributed by atoms with van der Waals surface area (Å²) in [6.07, 6.45) is 2.67. The summed E-state index contributed by atoms with van der Waals surface area (Å²) < 4.78 is 1.21. The molecule has 2 nitrogen and oxygen atoms in total. The van der Waals surface area contributed by atoms with E-state index in [0.29, 0.717) is 0 Å². The summed E-state index contributed by atoms with van der Waals surface area (Å²) in [7, 11) is 2.18. The number of hydrogen-bond acceptors (Lipinski definition) is 2. The normalized spacial score (nSPS) is 15.2. The molecule has 0 aliphatic heterocycles. The Kier molecular flexibility index (Phi) is 3.87. The highest BCUT2D eigenvalue weighted by Crippen LogP contribution is 2.34. The molecule has 1 aromatic rings. The molecular formula is C13H19BrN2. The van der Waals surface area contributed by atoms with E-state index in [1.54, 1.807) is 0 Å². The van der Waals surface area contributed by atoms with Crippen molar-refractivity contribution >= 4 is 21.6 Å². The molecule has 1 aliphatic rings. The summed E-state index contributed by atoms with van der Waals surface area (Å²) in [5.41, 5.74) is 2.64. The fourth-order valence-electron chi connectivity index (χ4n) is 1.87. The van der Waals surface area contributed by atoms with E-state index in [1.165, 1.54) is 28.6 Å². The Bertz CT molecular complexity index is 361. The molecule has 1 aliphatic carbocycles. The predicted octanol–water partition coefficient (Wildman–Crippen LogP) is 3.16. The van der Waals surface area contributed by atoms with Crippen LogP contribution in [0.1, 0.15) is 25.3 Å². The lowest BCUT2D eigenvalue weighted by molar-refractivity contribution is 0.726. The van der Waals surface area contributed by atoms with Crippen LogP contribution in [-0.2, 0) is 6.54 Å². The summed E-state index contributed by atoms with van der Waals surface area (Å²) >= 11 is 3.67. The molecule has 1 N–H and O–H groups in total. The van der Waals surface area contributed by atoms with E-state index in [2.05, 4.69) is 58.3 Å². The first kappa shape index (κ1) is 11.9. The summed E-state index contributed by atoms with van der Waals surface area (Å²) in [5, 5.41) is 3.34. The number of benzene rings is 1. The van der Waals surface area contributed by atoms with Crippen molar-refractivity contribution in [2.75, 3.05) is 18.5 Å². The second-order valence-corrected chi connectivity index (χ2v) is 5.26. The van der Waals surface area contributed by atoms with Crippen LogP contribution in [0.5, 0.6) is 0 Å². The van der Waals surface area contributed by atoms with Crippen LogP contribution in [0.15, 0.2) is 22.7 Å². The molecule has 88 valence electrons. The maximum atomic E-state index is 3.67. The van der Waals surface area contributed by atoms with Gasteiger partial charge >= 0.3 is 0 Å². The largest absolute Gasteiger partial charge is 0.371 e. The van der Waals surface area contributed by atoms with Crippen LogP contribution in [0.25, 0.3) is 0 Å². The third-order valence-corrected chi connectivity index (χ3v) is 3.70. The molecule has 1 fully saturated rings. The highest BCUT2D eigenvalue weighted by Gasteiger charge is 2.27. The van der Waals surface area contributed by atoms with Crippen molar-refractivity contribution in [2.45, 2.75) is 32.4 Å². The number of nitrogens with one attached hydrogen (secondary N) is 1. The molecule has 2 rings (SSSR count). The lowest BCUT2D eigenvalue weighted by Crippen LogP contribution is -2.20. The Balaban J connectivity index is 2.09. The van der Waals surface area contributed by atoms with Gasteiger partial charge < -0.3 is 10.2 Å². The highest BCUT2D eigenvalue weighted by molar-refractivity contribution is 9.10. The van der Waals surface area contributed by atoms with Crippen LogP contribution in [0.2, 0.25) is 0 Å². The minimum absolute atomic E-state index is 0.760. The number of rotatable bonds is 5. The number of halogens is 1. The van der Waals surface area contributed by atoms with E-state index in [1.807, 2.05) is 0 Å². The third kappa shape index (κ3) is 2.77. The monoisotopic (exact) mass is 282 g/mol. The zero-order chi connectivity index (χ0) is 11.5. The van der Waals surface area contributed by atoms with Crippen molar-refractivity contribution in [3.8, 4) is 0 Å². The molecule has 0 atom stereocenters. The Morgan fingerprint density at radius 1 is 1.44 bits per heavy atom. The molecule has 0 radical (unpaired) electrons. The zero-order valence-corrected chi connectivity index (χ0v) is 11.5. The Morgan fingerprint density at radius 2 is 2.19 bits per heavy atom. The molecule has 0 spiro atoms. The van der Waals surface area contributed by atoms with Gasteiger partial charge in [-0.2, -0.15) is 0 Å². The van der Waals surface area contributed by atoms with Crippen molar-refractivity contribution in [3.05, 3.63) is 28.2 Å². The summed E-state index contributed by atoms with van der Waals surface area (Å²) in [6.45, 7) is 4.09. The Morgan fingerprint density at radius 3 is 2.75 bits per heavy atom. The van der Waals surface area contributed by atoms with Crippen molar-refractivity contribution in [1.82, 2.24) is 5.32 Å². The van der Waals surface area contributed by atoms with Gasteiger partial charge in [0.15, 0.2) is 0 Å². The standard InChI is InChI=1S/C13H19BrN2/c1-3-15-9-10-4-7-13(12(14)8-10)16(2)11-5-6-11/h4,7-8,11,15H,3,5-6,9H2,1-2H3. The summed E-state index contributed by atoms with van der Waals surface area (Å²) in [4.78, 5) is 2.38. The lowest BCUT2D eigenvalue weighted by atomic mass is 10.2. The molecule has 0 unspecified atom stereocenters. The van der Waals surface area contributed by atoms with Gasteiger partial charge in [-0.3, -0.25) is 0 Å². The average molecular weight is 283 g/mol. The van der Waals surface area contributed by atoms with Crippen LogP contribution in [0, 0.1) is 0 Å². The maximum absolute atomic E-state index is 3.67. The van der Waals surface area contributed by atoms with Gasteiger partial charge in [-0.05, 0) is 53.0 Å². The van der Waals surface area contributed by atoms with Gasteiger partial charge in [-0.25, -0.2) is 0 Å². The maximum Gasteiger partial charge on any atom is 0.0510 e. The number of anilines is 1. The molecule has 16 heavy (non-hydrogen) atoms. The molecule has 1 aromatic carbocycles. The van der Waals surface area contributed by atoms with E-state index >= 15 is 0 Å². The second-order valence-electron chi connectivity index (χ2n) is 4.41. The molecular weight excluding hydrogens is 264 g/mol. The van der Waals surface area contributed by atoms with Crippen molar-refractivity contribution in [3.63, 3.8) is 0 Å². The predicted molar refractivity (Wildman–Crippen MR) is 72.9 cm³/mol. The molecule has 0 bridgehead atoms. The smallest absolute Gasteiger partial charge is 0.0510 e. The van der Waals surface area contributed by atoms with E-state index in [-0.39, 0.29) is 0 Å². The van der Waals surface area contributed by atoms with Crippen LogP contribution in [-0.4, -0.2) is 19.6 Å². The summed E-state index contributed by atoms with van der Waals surface area (Å²) in [5.74, 6) is 0. The van der Waals surface area contributed by atoms with E-state index in [0.717, 1.165) is 19.1 Å². The quantitative estimate of drug-likeness (QED) is 0.893. The Hall–Kier alpha value is -0.540. The average Bonchev–Trinajstić information content (AvgIpc) is 3.09. The Labute approximate surface area is 106 Å². The number of hydrogen-bond donors (Lipinski definition) is 1. The molecule has 3 heteroatoms. The van der Waals surface area contributed by atoms with Crippen molar-refractivity contribution in [1.29, 1.82) is 0 Å². The lowest BCUT2D eigenvalue weighted by Gasteiger charge is -2.20. The van der Waals surface area contributed by atoms with Gasteiger partial charge in [0.25, 0.3) is 0 Å². The van der Waals surface area contributed by atoms with E-state index < -0.39 is 0 Å². The van der Waals surface area contributed by atoms with Gasteiger partial charge in [0.2, 0.25) is 0 Å². The van der Waals surface area contributed by atoms with E-state index in [9.17, 15) is 0 Å². The van der Waals surface area contributed by atoms with Gasteiger partial charge in [0.1, 0.15) is 0 Å². The molecule has 0 amide bonds. The van der Waals surface area contributed by atoms with Crippen LogP contribution >= 0.6 is 15.9 Å². The molecule has 0 aromatic heterocycles. The van der Waals surface area contributed by atoms with Gasteiger partial charge in [0.05, 0.1) is 5.69 Å². The van der Waals surface area contributed by atoms with Gasteiger partial charge in [-0.1, -0.05) is 13.0 Å². The molecule has 1 saturated carbocycles.